The summed E-state index contributed by atoms with van der Waals surface area (Å²) in [6.07, 6.45) is 8.29. The molecular formula is C21H19Cl3N2O3. The van der Waals surface area contributed by atoms with Crippen LogP contribution in [0.5, 0.6) is 0 Å². The lowest BCUT2D eigenvalue weighted by atomic mass is 10.0. The Kier molecular flexibility index (Phi) is 6.85. The molecule has 0 fully saturated rings. The van der Waals surface area contributed by atoms with Crippen molar-refractivity contribution in [3.63, 3.8) is 0 Å². The Bertz CT molecular complexity index is 1040. The van der Waals surface area contributed by atoms with Crippen LogP contribution in [0.2, 0.25) is 10.0 Å². The predicted octanol–water partition coefficient (Wildman–Crippen LogP) is 5.53. The topological polar surface area (TPSA) is 75.3 Å². The number of rotatable bonds is 5. The first kappa shape index (κ1) is 21.7. The van der Waals surface area contributed by atoms with Crippen LogP contribution in [0, 0.1) is 5.92 Å². The van der Waals surface area contributed by atoms with Crippen LogP contribution in [-0.2, 0) is 13.2 Å². The molecule has 1 unspecified atom stereocenters. The molecule has 3 rings (SSSR count). The monoisotopic (exact) mass is 452 g/mol. The van der Waals surface area contributed by atoms with Gasteiger partial charge in [0, 0.05) is 20.7 Å². The first-order chi connectivity index (χ1) is 13.8. The number of aromatic carboxylic acids is 1. The lowest BCUT2D eigenvalue weighted by Gasteiger charge is -2.14. The van der Waals surface area contributed by atoms with Gasteiger partial charge in [0.05, 0.1) is 18.8 Å². The number of halogens is 3. The van der Waals surface area contributed by atoms with Crippen LogP contribution in [-0.4, -0.2) is 25.7 Å². The highest BCUT2D eigenvalue weighted by atomic mass is 35.5. The van der Waals surface area contributed by atoms with E-state index >= 15 is 0 Å². The number of hydrogen-bond donors (Lipinski definition) is 2. The van der Waals surface area contributed by atoms with Gasteiger partial charge in [0.15, 0.2) is 5.69 Å². The molecule has 0 spiro atoms. The fourth-order valence-electron chi connectivity index (χ4n) is 3.19. The summed E-state index contributed by atoms with van der Waals surface area (Å²) in [6, 6.07) is 4.99. The number of carboxylic acids is 1. The van der Waals surface area contributed by atoms with Crippen molar-refractivity contribution in [2.75, 3.05) is 0 Å². The molecular weight excluding hydrogens is 435 g/mol. The van der Waals surface area contributed by atoms with Gasteiger partial charge in [-0.25, -0.2) is 9.78 Å². The van der Waals surface area contributed by atoms with Gasteiger partial charge in [0.2, 0.25) is 0 Å². The zero-order chi connectivity index (χ0) is 21.1. The molecule has 1 aromatic heterocycles. The Morgan fingerprint density at radius 2 is 2.07 bits per heavy atom. The van der Waals surface area contributed by atoms with Gasteiger partial charge in [-0.3, -0.25) is 0 Å². The Labute approximate surface area is 183 Å². The van der Waals surface area contributed by atoms with Crippen LogP contribution >= 0.6 is 34.8 Å². The molecule has 0 radical (unpaired) electrons. The van der Waals surface area contributed by atoms with Crippen molar-refractivity contribution in [3.8, 4) is 0 Å². The summed E-state index contributed by atoms with van der Waals surface area (Å²) < 4.78 is 1.51. The van der Waals surface area contributed by atoms with Gasteiger partial charge in [-0.15, -0.1) is 0 Å². The first-order valence-corrected chi connectivity index (χ1v) is 10.1. The third-order valence-electron chi connectivity index (χ3n) is 4.53. The number of aromatic nitrogens is 2. The smallest absolute Gasteiger partial charge is 0.354 e. The minimum atomic E-state index is -1.20. The molecule has 1 aromatic carbocycles. The number of imidazole rings is 1. The molecule has 0 saturated heterocycles. The normalized spacial score (nSPS) is 21.5. The second-order valence-electron chi connectivity index (χ2n) is 6.78. The molecule has 2 N–H and O–H groups in total. The van der Waals surface area contributed by atoms with Gasteiger partial charge in [0.1, 0.15) is 5.82 Å². The summed E-state index contributed by atoms with van der Waals surface area (Å²) in [5.41, 5.74) is 1.23. The SMILES string of the molecule is CC1\C=C(Cl)/C=C(c2nc(CO)c(C(=O)O)n2Cc2cc(Cl)ccc2Cl)\C=C\C1. The quantitative estimate of drug-likeness (QED) is 0.624. The highest BCUT2D eigenvalue weighted by molar-refractivity contribution is 6.33. The predicted molar refractivity (Wildman–Crippen MR) is 116 cm³/mol. The number of hydrogen-bond acceptors (Lipinski definition) is 3. The van der Waals surface area contributed by atoms with Gasteiger partial charge < -0.3 is 14.8 Å². The van der Waals surface area contributed by atoms with Crippen molar-refractivity contribution in [2.24, 2.45) is 5.92 Å². The van der Waals surface area contributed by atoms with E-state index < -0.39 is 12.6 Å². The van der Waals surface area contributed by atoms with Gasteiger partial charge in [-0.1, -0.05) is 60.0 Å². The van der Waals surface area contributed by atoms with Crippen LogP contribution in [0.1, 0.15) is 40.9 Å². The Morgan fingerprint density at radius 1 is 1.31 bits per heavy atom. The number of aliphatic hydroxyl groups is 1. The van der Waals surface area contributed by atoms with Crippen molar-refractivity contribution in [3.05, 3.63) is 80.4 Å². The maximum absolute atomic E-state index is 12.0. The average molecular weight is 454 g/mol. The summed E-state index contributed by atoms with van der Waals surface area (Å²) in [5.74, 6) is -0.541. The highest BCUT2D eigenvalue weighted by Crippen LogP contribution is 2.29. The molecule has 29 heavy (non-hydrogen) atoms. The molecule has 5 nitrogen and oxygen atoms in total. The van der Waals surface area contributed by atoms with Crippen LogP contribution in [0.15, 0.2) is 47.5 Å². The number of carboxylic acid groups (broad SMARTS) is 1. The summed E-state index contributed by atoms with van der Waals surface area (Å²) in [6.45, 7) is 1.66. The second kappa shape index (κ2) is 9.18. The maximum atomic E-state index is 12.0. The molecule has 1 atom stereocenters. The van der Waals surface area contributed by atoms with E-state index in [0.717, 1.165) is 6.42 Å². The van der Waals surface area contributed by atoms with Gasteiger partial charge in [-0.05, 0) is 42.2 Å². The summed E-state index contributed by atoms with van der Waals surface area (Å²) in [7, 11) is 0. The van der Waals surface area contributed by atoms with E-state index in [0.29, 0.717) is 32.0 Å². The number of allylic oxidation sites excluding steroid dienone is 6. The van der Waals surface area contributed by atoms with Gasteiger partial charge in [0.25, 0.3) is 0 Å². The Morgan fingerprint density at radius 3 is 2.76 bits per heavy atom. The van der Waals surface area contributed by atoms with E-state index in [4.69, 9.17) is 34.8 Å². The largest absolute Gasteiger partial charge is 0.477 e. The van der Waals surface area contributed by atoms with Crippen molar-refractivity contribution in [2.45, 2.75) is 26.5 Å². The standard InChI is InChI=1S/C21H19Cl3N2O3/c1-12-3-2-4-13(8-16(23)7-12)20-25-18(11-27)19(21(28)29)26(20)10-14-9-15(22)5-6-17(14)24/h2,4-9,12,27H,3,10-11H2,1H3,(H,28,29)/b4-2+,13-8+,16-7+. The van der Waals surface area contributed by atoms with Crippen LogP contribution in [0.3, 0.4) is 0 Å². The third kappa shape index (κ3) is 4.93. The molecule has 0 bridgehead atoms. The summed E-state index contributed by atoms with van der Waals surface area (Å²) in [4.78, 5) is 16.4. The lowest BCUT2D eigenvalue weighted by molar-refractivity contribution is 0.0681. The molecule has 152 valence electrons. The molecule has 2 aromatic rings. The van der Waals surface area contributed by atoms with E-state index in [2.05, 4.69) is 11.9 Å². The third-order valence-corrected chi connectivity index (χ3v) is 5.37. The van der Waals surface area contributed by atoms with Crippen LogP contribution in [0.4, 0.5) is 0 Å². The average Bonchev–Trinajstić information content (AvgIpc) is 3.00. The van der Waals surface area contributed by atoms with Gasteiger partial charge in [-0.2, -0.15) is 0 Å². The number of nitrogens with zero attached hydrogens (tertiary/aromatic N) is 2. The van der Waals surface area contributed by atoms with Gasteiger partial charge >= 0.3 is 5.97 Å². The van der Waals surface area contributed by atoms with E-state index in [1.165, 1.54) is 4.57 Å². The second-order valence-corrected chi connectivity index (χ2v) is 8.06. The number of benzene rings is 1. The molecule has 8 heteroatoms. The van der Waals surface area contributed by atoms with E-state index in [-0.39, 0.29) is 23.9 Å². The molecule has 1 aliphatic rings. The maximum Gasteiger partial charge on any atom is 0.354 e. The van der Waals surface area contributed by atoms with E-state index in [9.17, 15) is 15.0 Å². The minimum absolute atomic E-state index is 0.0653. The fourth-order valence-corrected chi connectivity index (χ4v) is 3.90. The molecule has 1 heterocycles. The number of aliphatic hydroxyl groups excluding tert-OH is 1. The van der Waals surface area contributed by atoms with E-state index in [1.807, 2.05) is 18.2 Å². The van der Waals surface area contributed by atoms with Crippen molar-refractivity contribution < 1.29 is 15.0 Å². The molecule has 0 amide bonds. The zero-order valence-electron chi connectivity index (χ0n) is 15.6. The summed E-state index contributed by atoms with van der Waals surface area (Å²) in [5, 5.41) is 20.9. The zero-order valence-corrected chi connectivity index (χ0v) is 17.8. The van der Waals surface area contributed by atoms with Crippen LogP contribution in [0.25, 0.3) is 5.57 Å². The molecule has 0 saturated carbocycles. The minimum Gasteiger partial charge on any atom is -0.477 e. The van der Waals surface area contributed by atoms with Crippen molar-refractivity contribution in [1.29, 1.82) is 0 Å². The molecule has 0 aliphatic heterocycles. The first-order valence-electron chi connectivity index (χ1n) is 8.93. The highest BCUT2D eigenvalue weighted by Gasteiger charge is 2.24. The lowest BCUT2D eigenvalue weighted by Crippen LogP contribution is -2.14. The summed E-state index contributed by atoms with van der Waals surface area (Å²) >= 11 is 18.7. The fraction of sp³-hybridized carbons (Fsp3) is 0.238. The Balaban J connectivity index is 2.20. The Hall–Kier alpha value is -2.05. The van der Waals surface area contributed by atoms with Crippen molar-refractivity contribution >= 4 is 46.3 Å². The number of carbonyl (C=O) groups is 1. The molecule has 1 aliphatic carbocycles. The van der Waals surface area contributed by atoms with E-state index in [1.54, 1.807) is 24.3 Å². The van der Waals surface area contributed by atoms with Crippen LogP contribution < -0.4 is 0 Å². The van der Waals surface area contributed by atoms with Crippen molar-refractivity contribution in [1.82, 2.24) is 9.55 Å².